The van der Waals surface area contributed by atoms with E-state index in [0.29, 0.717) is 0 Å². The molecule has 1 aliphatic heterocycles. The normalized spacial score (nSPS) is 12.0. The zero-order valence-corrected chi connectivity index (χ0v) is 32.6. The zero-order valence-electron chi connectivity index (χ0n) is 32.6. The molecule has 0 aliphatic carbocycles. The van der Waals surface area contributed by atoms with Crippen LogP contribution < -0.4 is 4.90 Å². The fourth-order valence-corrected chi connectivity index (χ4v) is 9.29. The van der Waals surface area contributed by atoms with Gasteiger partial charge in [-0.25, -0.2) is 0 Å². The largest absolute Gasteiger partial charge is 0.309 e. The van der Waals surface area contributed by atoms with Gasteiger partial charge in [0.1, 0.15) is 0 Å². The van der Waals surface area contributed by atoms with E-state index >= 15 is 0 Å². The Labute approximate surface area is 347 Å². The summed E-state index contributed by atoms with van der Waals surface area (Å²) in [5.41, 5.74) is 18.0. The molecule has 0 saturated carbocycles. The minimum Gasteiger partial charge on any atom is -0.309 e. The van der Waals surface area contributed by atoms with Crippen LogP contribution in [0.25, 0.3) is 94.2 Å². The van der Waals surface area contributed by atoms with Crippen molar-refractivity contribution in [1.82, 2.24) is 14.5 Å². The number of rotatable bonds is 6. The van der Waals surface area contributed by atoms with Crippen molar-refractivity contribution in [2.24, 2.45) is 0 Å². The average Bonchev–Trinajstić information content (AvgIpc) is 3.65. The number of nitrogens with zero attached hydrogens (tertiary/aromatic N) is 4. The number of hydrogen-bond acceptors (Lipinski definition) is 3. The molecule has 12 rings (SSSR count). The molecule has 1 aliphatic rings. The van der Waals surface area contributed by atoms with Gasteiger partial charge in [0.15, 0.2) is 0 Å². The van der Waals surface area contributed by atoms with Gasteiger partial charge in [-0.05, 0) is 112 Å². The highest BCUT2D eigenvalue weighted by molar-refractivity contribution is 6.21. The summed E-state index contributed by atoms with van der Waals surface area (Å²) in [5.74, 6) is 0. The number of benzene rings is 8. The van der Waals surface area contributed by atoms with E-state index in [-0.39, 0.29) is 0 Å². The molecule has 0 spiro atoms. The molecular formula is C56H36N4. The standard InChI is InChI=1S/C56H36N4/c1-3-14-37(15-4-1)39-18-11-20-42(32-39)59-52-29-26-41(50-23-7-9-30-57-50)34-47(52)49-35-48-46-28-27-44(51-24-8-10-31-58-51)45-22-13-25-53(56(45)46)60(54(48)36-55(49)59)43-21-12-19-40(33-43)38-16-5-2-6-17-38/h1-36H. The van der Waals surface area contributed by atoms with Crippen LogP contribution in [0.3, 0.4) is 0 Å². The van der Waals surface area contributed by atoms with Gasteiger partial charge in [0, 0.05) is 56.6 Å². The summed E-state index contributed by atoms with van der Waals surface area (Å²) in [6, 6.07) is 74.4. The first-order chi connectivity index (χ1) is 29.8. The van der Waals surface area contributed by atoms with E-state index < -0.39 is 0 Å². The van der Waals surface area contributed by atoms with Gasteiger partial charge >= 0.3 is 0 Å². The lowest BCUT2D eigenvalue weighted by Gasteiger charge is -2.34. The molecule has 0 radical (unpaired) electrons. The molecule has 0 bridgehead atoms. The first kappa shape index (κ1) is 34.0. The van der Waals surface area contributed by atoms with Gasteiger partial charge in [0.05, 0.1) is 33.8 Å². The van der Waals surface area contributed by atoms with Crippen LogP contribution in [0.4, 0.5) is 17.1 Å². The third-order valence-corrected chi connectivity index (χ3v) is 12.0. The second-order valence-corrected chi connectivity index (χ2v) is 15.4. The Hall–Kier alpha value is -8.08. The summed E-state index contributed by atoms with van der Waals surface area (Å²) in [6.45, 7) is 0. The highest BCUT2D eigenvalue weighted by Gasteiger charge is 2.29. The second kappa shape index (κ2) is 13.8. The minimum absolute atomic E-state index is 0.953. The van der Waals surface area contributed by atoms with Gasteiger partial charge in [-0.15, -0.1) is 0 Å². The molecule has 0 fully saturated rings. The highest BCUT2D eigenvalue weighted by atomic mass is 15.2. The van der Waals surface area contributed by atoms with Gasteiger partial charge < -0.3 is 9.47 Å². The number of fused-ring (bicyclic) bond motifs is 5. The number of pyridine rings is 2. The molecule has 280 valence electrons. The molecule has 60 heavy (non-hydrogen) atoms. The summed E-state index contributed by atoms with van der Waals surface area (Å²) >= 11 is 0. The summed E-state index contributed by atoms with van der Waals surface area (Å²) in [6.07, 6.45) is 3.75. The van der Waals surface area contributed by atoms with E-state index in [1.807, 2.05) is 24.5 Å². The lowest BCUT2D eigenvalue weighted by Crippen LogP contribution is -2.15. The summed E-state index contributed by atoms with van der Waals surface area (Å²) in [4.78, 5) is 12.0. The Morgan fingerprint density at radius 1 is 0.317 bits per heavy atom. The number of aromatic nitrogens is 3. The van der Waals surface area contributed by atoms with Gasteiger partial charge in [0.25, 0.3) is 0 Å². The lowest BCUT2D eigenvalue weighted by atomic mass is 9.87. The molecule has 0 N–H and O–H groups in total. The summed E-state index contributed by atoms with van der Waals surface area (Å²) < 4.78 is 2.44. The van der Waals surface area contributed by atoms with Crippen LogP contribution in [0, 0.1) is 0 Å². The van der Waals surface area contributed by atoms with Crippen LogP contribution in [0.15, 0.2) is 219 Å². The predicted molar refractivity (Wildman–Crippen MR) is 249 cm³/mol. The Balaban J connectivity index is 1.18. The first-order valence-corrected chi connectivity index (χ1v) is 20.4. The molecule has 0 unspecified atom stereocenters. The molecule has 4 heteroatoms. The molecule has 8 aromatic carbocycles. The Morgan fingerprint density at radius 2 is 0.933 bits per heavy atom. The van der Waals surface area contributed by atoms with Crippen molar-refractivity contribution in [3.8, 4) is 61.6 Å². The molecular weight excluding hydrogens is 729 g/mol. The SMILES string of the molecule is c1ccc(-c2cccc(N3c4cc5c(cc4-c4ccc(-c6ccccn6)c6cccc3c46)c3cc(-c4ccccn4)ccc3n5-c3cccc(-c4ccccc4)c3)c2)cc1. The van der Waals surface area contributed by atoms with Gasteiger partial charge in [-0.2, -0.15) is 0 Å². The van der Waals surface area contributed by atoms with Crippen LogP contribution in [-0.2, 0) is 0 Å². The van der Waals surface area contributed by atoms with Crippen LogP contribution in [0.5, 0.6) is 0 Å². The molecule has 3 aromatic heterocycles. The molecule has 0 amide bonds. The quantitative estimate of drug-likeness (QED) is 0.169. The molecule has 0 atom stereocenters. The van der Waals surface area contributed by atoms with Crippen LogP contribution in [0.1, 0.15) is 0 Å². The average molecular weight is 765 g/mol. The van der Waals surface area contributed by atoms with E-state index in [4.69, 9.17) is 9.97 Å². The first-order valence-electron chi connectivity index (χ1n) is 20.4. The maximum atomic E-state index is 4.81. The van der Waals surface area contributed by atoms with E-state index in [2.05, 4.69) is 204 Å². The van der Waals surface area contributed by atoms with Crippen molar-refractivity contribution in [3.63, 3.8) is 0 Å². The smallest absolute Gasteiger partial charge is 0.0708 e. The van der Waals surface area contributed by atoms with Crippen LogP contribution in [0.2, 0.25) is 0 Å². The number of anilines is 3. The van der Waals surface area contributed by atoms with Crippen molar-refractivity contribution in [1.29, 1.82) is 0 Å². The Bertz CT molecular complexity index is 3410. The maximum Gasteiger partial charge on any atom is 0.0708 e. The zero-order chi connectivity index (χ0) is 39.6. The second-order valence-electron chi connectivity index (χ2n) is 15.4. The third kappa shape index (κ3) is 5.46. The highest BCUT2D eigenvalue weighted by Crippen LogP contribution is 2.54. The van der Waals surface area contributed by atoms with E-state index in [1.54, 1.807) is 0 Å². The lowest BCUT2D eigenvalue weighted by molar-refractivity contribution is 1.18. The topological polar surface area (TPSA) is 34.0 Å². The monoisotopic (exact) mass is 764 g/mol. The van der Waals surface area contributed by atoms with Gasteiger partial charge in [-0.1, -0.05) is 127 Å². The third-order valence-electron chi connectivity index (χ3n) is 12.0. The van der Waals surface area contributed by atoms with E-state index in [9.17, 15) is 0 Å². The van der Waals surface area contributed by atoms with Crippen molar-refractivity contribution >= 4 is 49.6 Å². The fraction of sp³-hybridized carbons (Fsp3) is 0. The molecule has 0 saturated heterocycles. The Kier molecular flexibility index (Phi) is 7.82. The van der Waals surface area contributed by atoms with Crippen LogP contribution >= 0.6 is 0 Å². The van der Waals surface area contributed by atoms with Crippen molar-refractivity contribution in [2.45, 2.75) is 0 Å². The molecule has 4 heterocycles. The summed E-state index contributed by atoms with van der Waals surface area (Å²) in [5, 5.41) is 4.76. The van der Waals surface area contributed by atoms with Gasteiger partial charge in [0.2, 0.25) is 0 Å². The summed E-state index contributed by atoms with van der Waals surface area (Å²) in [7, 11) is 0. The number of hydrogen-bond donors (Lipinski definition) is 0. The van der Waals surface area contributed by atoms with Gasteiger partial charge in [-0.3, -0.25) is 9.97 Å². The fourth-order valence-electron chi connectivity index (χ4n) is 9.29. The Morgan fingerprint density at radius 3 is 1.65 bits per heavy atom. The maximum absolute atomic E-state index is 4.81. The predicted octanol–water partition coefficient (Wildman–Crippen LogP) is 14.8. The van der Waals surface area contributed by atoms with Crippen LogP contribution in [-0.4, -0.2) is 14.5 Å². The van der Waals surface area contributed by atoms with Crippen molar-refractivity contribution in [2.75, 3.05) is 4.90 Å². The molecule has 4 nitrogen and oxygen atoms in total. The van der Waals surface area contributed by atoms with E-state index in [1.165, 1.54) is 54.9 Å². The van der Waals surface area contributed by atoms with Crippen molar-refractivity contribution < 1.29 is 0 Å². The van der Waals surface area contributed by atoms with E-state index in [0.717, 1.165) is 56.3 Å². The van der Waals surface area contributed by atoms with Crippen molar-refractivity contribution in [3.05, 3.63) is 219 Å². The minimum atomic E-state index is 0.953. The molecule has 11 aromatic rings.